The van der Waals surface area contributed by atoms with E-state index in [1.807, 2.05) is 6.07 Å². The van der Waals surface area contributed by atoms with Gasteiger partial charge in [0.2, 0.25) is 5.76 Å². The molecule has 0 N–H and O–H groups in total. The Bertz CT molecular complexity index is 1360. The van der Waals surface area contributed by atoms with Crippen molar-refractivity contribution in [2.24, 2.45) is 5.92 Å². The lowest BCUT2D eigenvalue weighted by atomic mass is 9.98. The van der Waals surface area contributed by atoms with Gasteiger partial charge in [0.25, 0.3) is 5.91 Å². The van der Waals surface area contributed by atoms with Crippen molar-refractivity contribution in [3.63, 3.8) is 0 Å². The highest BCUT2D eigenvalue weighted by molar-refractivity contribution is 5.99. The first-order chi connectivity index (χ1) is 17.9. The van der Waals surface area contributed by atoms with Crippen LogP contribution in [0.2, 0.25) is 0 Å². The van der Waals surface area contributed by atoms with E-state index in [9.17, 15) is 14.0 Å². The molecule has 2 aliphatic rings. The molecule has 37 heavy (non-hydrogen) atoms. The van der Waals surface area contributed by atoms with Crippen LogP contribution < -0.4 is 14.9 Å². The van der Waals surface area contributed by atoms with Gasteiger partial charge in [0.1, 0.15) is 11.4 Å². The molecule has 1 aromatic heterocycles. The second-order valence-corrected chi connectivity index (χ2v) is 9.78. The van der Waals surface area contributed by atoms with Crippen LogP contribution in [-0.2, 0) is 4.74 Å². The van der Waals surface area contributed by atoms with Crippen LogP contribution in [0.5, 0.6) is 11.5 Å². The van der Waals surface area contributed by atoms with Gasteiger partial charge in [-0.05, 0) is 41.8 Å². The number of carbonyl (C=O) groups excluding carboxylic acids is 1. The fourth-order valence-corrected chi connectivity index (χ4v) is 4.87. The normalized spacial score (nSPS) is 18.0. The third-order valence-corrected chi connectivity index (χ3v) is 6.76. The Balaban J connectivity index is 1.59. The highest BCUT2D eigenvalue weighted by Gasteiger charge is 2.43. The van der Waals surface area contributed by atoms with Gasteiger partial charge < -0.3 is 23.5 Å². The predicted octanol–water partition coefficient (Wildman–Crippen LogP) is 3.85. The average molecular weight is 511 g/mol. The Morgan fingerprint density at radius 2 is 1.84 bits per heavy atom. The zero-order chi connectivity index (χ0) is 26.1. The van der Waals surface area contributed by atoms with Crippen molar-refractivity contribution in [3.05, 3.63) is 69.3 Å². The van der Waals surface area contributed by atoms with Gasteiger partial charge in [-0.1, -0.05) is 19.9 Å². The predicted molar refractivity (Wildman–Crippen MR) is 136 cm³/mol. The summed E-state index contributed by atoms with van der Waals surface area (Å²) in [7, 11) is 1.55. The standard InChI is InChI=1S/C28H31FN2O6/c1-17(2)16-36-22-6-4-18(14-23(22)34-3)25-24-26(32)20-15-19(29)5-7-21(20)37-27(24)28(33)31(25)9-8-30-10-12-35-13-11-30/h4-7,14-15,17,25H,8-13,16H2,1-3H3. The Hall–Kier alpha value is -3.43. The lowest BCUT2D eigenvalue weighted by Crippen LogP contribution is -2.42. The Labute approximate surface area is 214 Å². The fourth-order valence-electron chi connectivity index (χ4n) is 4.87. The molecule has 1 fully saturated rings. The van der Waals surface area contributed by atoms with E-state index in [1.54, 1.807) is 24.1 Å². The maximum atomic E-state index is 14.0. The summed E-state index contributed by atoms with van der Waals surface area (Å²) in [5, 5.41) is 0.107. The minimum atomic E-state index is -0.708. The Morgan fingerprint density at radius 3 is 2.57 bits per heavy atom. The summed E-state index contributed by atoms with van der Waals surface area (Å²) in [6, 6.07) is 8.47. The maximum Gasteiger partial charge on any atom is 0.290 e. The van der Waals surface area contributed by atoms with Crippen LogP contribution in [0.3, 0.4) is 0 Å². The number of methoxy groups -OCH3 is 1. The molecule has 0 saturated carbocycles. The first-order valence-corrected chi connectivity index (χ1v) is 12.6. The number of halogens is 1. The largest absolute Gasteiger partial charge is 0.493 e. The molecule has 1 amide bonds. The molecule has 0 spiro atoms. The number of rotatable bonds is 8. The van der Waals surface area contributed by atoms with Gasteiger partial charge in [-0.25, -0.2) is 4.39 Å². The quantitative estimate of drug-likeness (QED) is 0.455. The van der Waals surface area contributed by atoms with Gasteiger partial charge in [0.15, 0.2) is 16.9 Å². The molecule has 1 atom stereocenters. The van der Waals surface area contributed by atoms with E-state index in [2.05, 4.69) is 18.7 Å². The second kappa shape index (κ2) is 10.5. The van der Waals surface area contributed by atoms with Crippen molar-refractivity contribution in [3.8, 4) is 11.5 Å². The number of fused-ring (bicyclic) bond motifs is 2. The van der Waals surface area contributed by atoms with Gasteiger partial charge in [-0.2, -0.15) is 0 Å². The average Bonchev–Trinajstić information content (AvgIpc) is 3.18. The number of morpholine rings is 1. The summed E-state index contributed by atoms with van der Waals surface area (Å²) in [6.45, 7) is 8.47. The zero-order valence-electron chi connectivity index (χ0n) is 21.3. The van der Waals surface area contributed by atoms with Crippen LogP contribution in [0.15, 0.2) is 45.6 Å². The molecule has 0 aliphatic carbocycles. The number of amides is 1. The van der Waals surface area contributed by atoms with E-state index in [0.717, 1.165) is 19.2 Å². The molecular formula is C28H31FN2O6. The molecule has 9 heteroatoms. The van der Waals surface area contributed by atoms with Gasteiger partial charge in [0.05, 0.1) is 43.9 Å². The third kappa shape index (κ3) is 4.93. The van der Waals surface area contributed by atoms with Crippen LogP contribution in [0.25, 0.3) is 11.0 Å². The first-order valence-electron chi connectivity index (χ1n) is 12.6. The van der Waals surface area contributed by atoms with E-state index in [0.29, 0.717) is 55.9 Å². The molecule has 1 unspecified atom stereocenters. The molecule has 3 aromatic rings. The van der Waals surface area contributed by atoms with Crippen molar-refractivity contribution < 1.29 is 27.8 Å². The maximum absolute atomic E-state index is 14.0. The van der Waals surface area contributed by atoms with Gasteiger partial charge in [-0.3, -0.25) is 14.5 Å². The minimum absolute atomic E-state index is 0.00446. The van der Waals surface area contributed by atoms with E-state index in [-0.39, 0.29) is 28.2 Å². The molecule has 2 aromatic carbocycles. The lowest BCUT2D eigenvalue weighted by molar-refractivity contribution is 0.0314. The first kappa shape index (κ1) is 25.2. The summed E-state index contributed by atoms with van der Waals surface area (Å²) in [4.78, 5) is 31.2. The number of hydrogen-bond donors (Lipinski definition) is 0. The van der Waals surface area contributed by atoms with Gasteiger partial charge in [-0.15, -0.1) is 0 Å². The monoisotopic (exact) mass is 510 g/mol. The summed E-state index contributed by atoms with van der Waals surface area (Å²) in [5.41, 5.74) is 0.665. The van der Waals surface area contributed by atoms with Crippen molar-refractivity contribution >= 4 is 16.9 Å². The minimum Gasteiger partial charge on any atom is -0.493 e. The number of carbonyl (C=O) groups is 1. The van der Waals surface area contributed by atoms with Crippen molar-refractivity contribution in [1.82, 2.24) is 9.80 Å². The van der Waals surface area contributed by atoms with Crippen molar-refractivity contribution in [2.45, 2.75) is 19.9 Å². The summed E-state index contributed by atoms with van der Waals surface area (Å²) >= 11 is 0. The van der Waals surface area contributed by atoms with E-state index in [4.69, 9.17) is 18.6 Å². The van der Waals surface area contributed by atoms with E-state index in [1.165, 1.54) is 12.1 Å². The number of hydrogen-bond acceptors (Lipinski definition) is 7. The molecule has 0 radical (unpaired) electrons. The molecule has 1 saturated heterocycles. The molecule has 0 bridgehead atoms. The van der Waals surface area contributed by atoms with Crippen LogP contribution in [0.4, 0.5) is 4.39 Å². The molecule has 8 nitrogen and oxygen atoms in total. The number of benzene rings is 2. The molecule has 2 aliphatic heterocycles. The van der Waals surface area contributed by atoms with E-state index < -0.39 is 17.3 Å². The van der Waals surface area contributed by atoms with Crippen LogP contribution in [0, 0.1) is 11.7 Å². The highest BCUT2D eigenvalue weighted by Crippen LogP contribution is 2.41. The summed E-state index contributed by atoms with van der Waals surface area (Å²) in [5.74, 6) is 0.502. The molecule has 3 heterocycles. The molecule has 5 rings (SSSR count). The lowest BCUT2D eigenvalue weighted by Gasteiger charge is -2.31. The van der Waals surface area contributed by atoms with Gasteiger partial charge in [0, 0.05) is 26.2 Å². The SMILES string of the molecule is COc1cc(C2c3c(oc4ccc(F)cc4c3=O)C(=O)N2CCN2CCOCC2)ccc1OCC(C)C. The van der Waals surface area contributed by atoms with Crippen molar-refractivity contribution in [2.75, 3.05) is 53.1 Å². The molecule has 196 valence electrons. The van der Waals surface area contributed by atoms with Crippen molar-refractivity contribution in [1.29, 1.82) is 0 Å². The fraction of sp³-hybridized carbons (Fsp3) is 0.429. The van der Waals surface area contributed by atoms with E-state index >= 15 is 0 Å². The Kier molecular flexibility index (Phi) is 7.17. The number of ether oxygens (including phenoxy) is 3. The van der Waals surface area contributed by atoms with Crippen LogP contribution in [-0.4, -0.2) is 68.8 Å². The smallest absolute Gasteiger partial charge is 0.290 e. The highest BCUT2D eigenvalue weighted by atomic mass is 19.1. The summed E-state index contributed by atoms with van der Waals surface area (Å²) in [6.07, 6.45) is 0. The second-order valence-electron chi connectivity index (χ2n) is 9.78. The molecular weight excluding hydrogens is 479 g/mol. The topological polar surface area (TPSA) is 81.5 Å². The van der Waals surface area contributed by atoms with Gasteiger partial charge >= 0.3 is 0 Å². The zero-order valence-corrected chi connectivity index (χ0v) is 21.3. The number of nitrogens with zero attached hydrogens (tertiary/aromatic N) is 2. The van der Waals surface area contributed by atoms with Crippen LogP contribution >= 0.6 is 0 Å². The van der Waals surface area contributed by atoms with Crippen LogP contribution in [0.1, 0.15) is 41.6 Å². The third-order valence-electron chi connectivity index (χ3n) is 6.76. The summed E-state index contributed by atoms with van der Waals surface area (Å²) < 4.78 is 36.9. The Morgan fingerprint density at radius 1 is 1.05 bits per heavy atom.